The number of aliphatic hydroxyl groups is 1. The van der Waals surface area contributed by atoms with Crippen molar-refractivity contribution in [3.8, 4) is 0 Å². The quantitative estimate of drug-likeness (QED) is 0.451. The molecular weight excluding hydrogens is 400 g/mol. The molecule has 1 aliphatic rings. The van der Waals surface area contributed by atoms with E-state index in [2.05, 4.69) is 15.4 Å². The van der Waals surface area contributed by atoms with E-state index in [0.717, 1.165) is 17.5 Å². The van der Waals surface area contributed by atoms with Gasteiger partial charge in [-0.15, -0.1) is 0 Å². The van der Waals surface area contributed by atoms with E-state index in [4.69, 9.17) is 4.74 Å². The van der Waals surface area contributed by atoms with Crippen molar-refractivity contribution in [2.75, 3.05) is 19.0 Å². The summed E-state index contributed by atoms with van der Waals surface area (Å²) in [6.45, 7) is 3.61. The lowest BCUT2D eigenvalue weighted by atomic mass is 9.78. The molecule has 8 heteroatoms. The second kappa shape index (κ2) is 11.5. The summed E-state index contributed by atoms with van der Waals surface area (Å²) in [6.07, 6.45) is 5.73. The number of carbonyl (C=O) groups excluding carboxylic acids is 3. The van der Waals surface area contributed by atoms with E-state index in [1.165, 1.54) is 7.11 Å². The van der Waals surface area contributed by atoms with Crippen LogP contribution in [0.4, 0.5) is 10.5 Å². The third-order valence-electron chi connectivity index (χ3n) is 5.63. The van der Waals surface area contributed by atoms with Gasteiger partial charge in [0.05, 0.1) is 13.7 Å². The van der Waals surface area contributed by atoms with Gasteiger partial charge in [0.15, 0.2) is 0 Å². The number of amides is 2. The Kier molecular flexibility index (Phi) is 9.05. The van der Waals surface area contributed by atoms with Crippen LogP contribution in [-0.2, 0) is 32.1 Å². The van der Waals surface area contributed by atoms with E-state index in [1.807, 2.05) is 32.1 Å². The number of hydrogen-bond donors (Lipinski definition) is 3. The van der Waals surface area contributed by atoms with Gasteiger partial charge in [-0.2, -0.15) is 0 Å². The Morgan fingerprint density at radius 3 is 2.68 bits per heavy atom. The third-order valence-corrected chi connectivity index (χ3v) is 5.63. The van der Waals surface area contributed by atoms with Crippen molar-refractivity contribution in [3.63, 3.8) is 0 Å². The van der Waals surface area contributed by atoms with Gasteiger partial charge >= 0.3 is 12.1 Å². The number of rotatable bonds is 7. The number of nitrogens with one attached hydrogen (secondary N) is 2. The van der Waals surface area contributed by atoms with Gasteiger partial charge in [0, 0.05) is 11.1 Å². The molecule has 0 radical (unpaired) electrons. The average molecular weight is 433 g/mol. The molecule has 0 heterocycles. The van der Waals surface area contributed by atoms with Gasteiger partial charge in [-0.1, -0.05) is 26.0 Å². The standard InChI is InChI=1S/C23H32N2O6/c1-4-16-13-18(9-8-17(16)15-26)25-22(29)31-19-7-5-6-11-23(2,12-10-19)21(28)24-14-20(27)30-3/h5,7-9,13,19,26H,4,6,10-12,14-15H2,1-3H3,(H,24,28)(H,25,29)/b7-5+/t19-,23+/m0/s1. The first kappa shape index (κ1) is 24.4. The Bertz CT molecular complexity index is 822. The molecule has 0 aliphatic heterocycles. The van der Waals surface area contributed by atoms with Crippen LogP contribution in [0.15, 0.2) is 30.4 Å². The number of benzene rings is 1. The molecule has 0 bridgehead atoms. The predicted molar refractivity (Wildman–Crippen MR) is 116 cm³/mol. The fourth-order valence-corrected chi connectivity index (χ4v) is 3.57. The van der Waals surface area contributed by atoms with Crippen molar-refractivity contribution in [3.05, 3.63) is 41.5 Å². The van der Waals surface area contributed by atoms with E-state index in [0.29, 0.717) is 31.4 Å². The zero-order valence-corrected chi connectivity index (χ0v) is 18.4. The highest BCUT2D eigenvalue weighted by Gasteiger charge is 2.34. The largest absolute Gasteiger partial charge is 0.468 e. The summed E-state index contributed by atoms with van der Waals surface area (Å²) in [5.74, 6) is -0.716. The van der Waals surface area contributed by atoms with Crippen LogP contribution in [0, 0.1) is 5.41 Å². The average Bonchev–Trinajstić information content (AvgIpc) is 2.76. The highest BCUT2D eigenvalue weighted by molar-refractivity contribution is 5.86. The zero-order chi connectivity index (χ0) is 22.9. The molecule has 31 heavy (non-hydrogen) atoms. The Hall–Kier alpha value is -2.87. The van der Waals surface area contributed by atoms with Gasteiger partial charge in [0.2, 0.25) is 5.91 Å². The molecule has 1 aromatic carbocycles. The number of aryl methyl sites for hydroxylation is 1. The van der Waals surface area contributed by atoms with E-state index >= 15 is 0 Å². The molecule has 8 nitrogen and oxygen atoms in total. The Morgan fingerprint density at radius 1 is 1.23 bits per heavy atom. The molecule has 1 aliphatic carbocycles. The van der Waals surface area contributed by atoms with Gasteiger partial charge in [0.25, 0.3) is 0 Å². The minimum atomic E-state index is -0.674. The number of methoxy groups -OCH3 is 1. The number of allylic oxidation sites excluding steroid dienone is 1. The number of carbonyl (C=O) groups is 3. The monoisotopic (exact) mass is 432 g/mol. The fraction of sp³-hybridized carbons (Fsp3) is 0.522. The lowest BCUT2D eigenvalue weighted by Gasteiger charge is -2.30. The molecule has 2 amide bonds. The van der Waals surface area contributed by atoms with Gasteiger partial charge in [-0.3, -0.25) is 14.9 Å². The maximum absolute atomic E-state index is 12.6. The predicted octanol–water partition coefficient (Wildman–Crippen LogP) is 3.08. The molecule has 3 N–H and O–H groups in total. The van der Waals surface area contributed by atoms with Gasteiger partial charge in [0.1, 0.15) is 12.6 Å². The van der Waals surface area contributed by atoms with Crippen molar-refractivity contribution < 1.29 is 29.0 Å². The number of esters is 1. The lowest BCUT2D eigenvalue weighted by molar-refractivity contribution is -0.142. The van der Waals surface area contributed by atoms with Crippen molar-refractivity contribution in [2.24, 2.45) is 5.41 Å². The molecular formula is C23H32N2O6. The van der Waals surface area contributed by atoms with Crippen molar-refractivity contribution in [1.29, 1.82) is 0 Å². The van der Waals surface area contributed by atoms with Crippen LogP contribution in [0.3, 0.4) is 0 Å². The van der Waals surface area contributed by atoms with E-state index in [1.54, 1.807) is 12.1 Å². The van der Waals surface area contributed by atoms with Gasteiger partial charge < -0.3 is 19.9 Å². The molecule has 0 saturated heterocycles. The molecule has 0 spiro atoms. The summed E-state index contributed by atoms with van der Waals surface area (Å²) < 4.78 is 10.1. The van der Waals surface area contributed by atoms with Crippen LogP contribution < -0.4 is 10.6 Å². The smallest absolute Gasteiger partial charge is 0.412 e. The topological polar surface area (TPSA) is 114 Å². The molecule has 2 rings (SSSR count). The minimum absolute atomic E-state index is 0.0489. The highest BCUT2D eigenvalue weighted by atomic mass is 16.6. The van der Waals surface area contributed by atoms with Crippen molar-refractivity contribution in [2.45, 2.75) is 58.7 Å². The first-order chi connectivity index (χ1) is 14.8. The van der Waals surface area contributed by atoms with Crippen molar-refractivity contribution in [1.82, 2.24) is 5.32 Å². The first-order valence-electron chi connectivity index (χ1n) is 10.5. The van der Waals surface area contributed by atoms with Crippen LogP contribution in [0.5, 0.6) is 0 Å². The van der Waals surface area contributed by atoms with Crippen LogP contribution in [0.25, 0.3) is 0 Å². The summed E-state index contributed by atoms with van der Waals surface area (Å²) in [4.78, 5) is 36.3. The maximum Gasteiger partial charge on any atom is 0.412 e. The summed E-state index contributed by atoms with van der Waals surface area (Å²) in [5, 5.41) is 14.7. The fourth-order valence-electron chi connectivity index (χ4n) is 3.57. The molecule has 0 unspecified atom stereocenters. The van der Waals surface area contributed by atoms with Gasteiger partial charge in [-0.05, 0) is 61.4 Å². The number of ether oxygens (including phenoxy) is 2. The Balaban J connectivity index is 1.95. The SMILES string of the molecule is CCc1cc(NC(=O)O[C@H]2/C=C/CC[C@@](C)(C(=O)NCC(=O)OC)CC2)ccc1CO. The molecule has 2 atom stereocenters. The zero-order valence-electron chi connectivity index (χ0n) is 18.4. The normalized spacial score (nSPS) is 21.9. The molecule has 170 valence electrons. The van der Waals surface area contributed by atoms with Crippen LogP contribution in [0.1, 0.15) is 50.7 Å². The molecule has 0 fully saturated rings. The first-order valence-corrected chi connectivity index (χ1v) is 10.5. The second-order valence-electron chi connectivity index (χ2n) is 7.89. The summed E-state index contributed by atoms with van der Waals surface area (Å²) in [6, 6.07) is 5.33. The van der Waals surface area contributed by atoms with E-state index in [-0.39, 0.29) is 19.1 Å². The maximum atomic E-state index is 12.6. The third kappa shape index (κ3) is 7.10. The molecule has 0 saturated carbocycles. The number of anilines is 1. The van der Waals surface area contributed by atoms with Crippen LogP contribution >= 0.6 is 0 Å². The molecule has 0 aromatic heterocycles. The Labute approximate surface area is 183 Å². The lowest BCUT2D eigenvalue weighted by Crippen LogP contribution is -2.42. The van der Waals surface area contributed by atoms with Gasteiger partial charge in [-0.25, -0.2) is 4.79 Å². The van der Waals surface area contributed by atoms with Crippen molar-refractivity contribution >= 4 is 23.7 Å². The highest BCUT2D eigenvalue weighted by Crippen LogP contribution is 2.33. The van der Waals surface area contributed by atoms with Crippen LogP contribution in [0.2, 0.25) is 0 Å². The summed E-state index contributed by atoms with van der Waals surface area (Å²) in [5.41, 5.74) is 1.71. The summed E-state index contributed by atoms with van der Waals surface area (Å²) in [7, 11) is 1.27. The van der Waals surface area contributed by atoms with Crippen LogP contribution in [-0.4, -0.2) is 42.8 Å². The Morgan fingerprint density at radius 2 is 2.00 bits per heavy atom. The molecule has 1 aromatic rings. The van der Waals surface area contributed by atoms with E-state index in [9.17, 15) is 19.5 Å². The second-order valence-corrected chi connectivity index (χ2v) is 7.89. The summed E-state index contributed by atoms with van der Waals surface area (Å²) >= 11 is 0. The number of aliphatic hydroxyl groups excluding tert-OH is 1. The minimum Gasteiger partial charge on any atom is -0.468 e. The van der Waals surface area contributed by atoms with E-state index < -0.39 is 23.6 Å². The number of hydrogen-bond acceptors (Lipinski definition) is 6.